The van der Waals surface area contributed by atoms with Crippen LogP contribution in [0.15, 0.2) is 24.3 Å². The predicted octanol–water partition coefficient (Wildman–Crippen LogP) is 3.41. The van der Waals surface area contributed by atoms with E-state index in [1.807, 2.05) is 38.1 Å². The van der Waals surface area contributed by atoms with Gasteiger partial charge in [0.05, 0.1) is 0 Å². The van der Waals surface area contributed by atoms with Crippen LogP contribution < -0.4 is 16.4 Å². The normalized spacial score (nSPS) is 13.7. The van der Waals surface area contributed by atoms with E-state index in [1.165, 1.54) is 0 Å². The minimum atomic E-state index is -0.155. The quantitative estimate of drug-likeness (QED) is 0.736. The van der Waals surface area contributed by atoms with Gasteiger partial charge in [0.15, 0.2) is 0 Å². The Kier molecular flexibility index (Phi) is 6.36. The van der Waals surface area contributed by atoms with Crippen LogP contribution in [-0.4, -0.2) is 12.1 Å². The Hall–Kier alpha value is -1.55. The van der Waals surface area contributed by atoms with Crippen LogP contribution in [0.1, 0.15) is 51.6 Å². The third-order valence-electron chi connectivity index (χ3n) is 3.06. The highest BCUT2D eigenvalue weighted by Crippen LogP contribution is 2.14. The lowest BCUT2D eigenvalue weighted by atomic mass is 10.1. The van der Waals surface area contributed by atoms with Gasteiger partial charge in [-0.2, -0.15) is 0 Å². The highest BCUT2D eigenvalue weighted by molar-refractivity contribution is 5.89. The summed E-state index contributed by atoms with van der Waals surface area (Å²) in [6.07, 6.45) is 3.28. The van der Waals surface area contributed by atoms with Gasteiger partial charge in [0, 0.05) is 17.8 Å². The fraction of sp³-hybridized carbons (Fsp3) is 0.533. The number of amides is 2. The topological polar surface area (TPSA) is 67.2 Å². The second-order valence-electron chi connectivity index (χ2n) is 5.05. The number of anilines is 1. The van der Waals surface area contributed by atoms with Gasteiger partial charge in [0.25, 0.3) is 0 Å². The minimum Gasteiger partial charge on any atom is -0.335 e. The number of carbonyl (C=O) groups excluding carboxylic acids is 1. The lowest BCUT2D eigenvalue weighted by molar-refractivity contribution is 0.248. The third-order valence-corrected chi connectivity index (χ3v) is 3.06. The molecule has 2 unspecified atom stereocenters. The summed E-state index contributed by atoms with van der Waals surface area (Å²) < 4.78 is 0. The number of hydrogen-bond acceptors (Lipinski definition) is 2. The molecule has 4 N–H and O–H groups in total. The van der Waals surface area contributed by atoms with Crippen LogP contribution in [0.25, 0.3) is 0 Å². The van der Waals surface area contributed by atoms with E-state index in [-0.39, 0.29) is 18.1 Å². The van der Waals surface area contributed by atoms with Gasteiger partial charge in [-0.05, 0) is 38.0 Å². The van der Waals surface area contributed by atoms with Crippen molar-refractivity contribution in [2.45, 2.75) is 52.1 Å². The summed E-state index contributed by atoms with van der Waals surface area (Å²) in [5.74, 6) is 0. The van der Waals surface area contributed by atoms with Crippen LogP contribution in [0.3, 0.4) is 0 Å². The van der Waals surface area contributed by atoms with Crippen molar-refractivity contribution in [1.82, 2.24) is 5.32 Å². The van der Waals surface area contributed by atoms with E-state index in [0.29, 0.717) is 0 Å². The maximum atomic E-state index is 11.8. The average Bonchev–Trinajstić information content (AvgIpc) is 2.36. The molecule has 4 nitrogen and oxygen atoms in total. The first kappa shape index (κ1) is 15.5. The number of hydrogen-bond donors (Lipinski definition) is 3. The summed E-state index contributed by atoms with van der Waals surface area (Å²) in [6.45, 7) is 6.10. The van der Waals surface area contributed by atoms with Crippen LogP contribution >= 0.6 is 0 Å². The van der Waals surface area contributed by atoms with Crippen molar-refractivity contribution in [3.8, 4) is 0 Å². The molecule has 0 saturated heterocycles. The number of carbonyl (C=O) groups is 1. The fourth-order valence-corrected chi connectivity index (χ4v) is 1.84. The number of benzene rings is 1. The second kappa shape index (κ2) is 7.79. The zero-order chi connectivity index (χ0) is 14.3. The maximum absolute atomic E-state index is 11.8. The molecule has 0 aliphatic carbocycles. The molecule has 0 fully saturated rings. The summed E-state index contributed by atoms with van der Waals surface area (Å²) in [4.78, 5) is 11.8. The number of urea groups is 1. The Balaban J connectivity index is 2.43. The molecule has 106 valence electrons. The lowest BCUT2D eigenvalue weighted by Gasteiger charge is -2.14. The molecule has 0 aliphatic heterocycles. The highest BCUT2D eigenvalue weighted by Gasteiger charge is 2.07. The Labute approximate surface area is 115 Å². The molecule has 1 aromatic rings. The van der Waals surface area contributed by atoms with E-state index in [9.17, 15) is 4.79 Å². The van der Waals surface area contributed by atoms with E-state index < -0.39 is 0 Å². The number of nitrogens with two attached hydrogens (primary N) is 1. The largest absolute Gasteiger partial charge is 0.335 e. The molecule has 0 heterocycles. The molecule has 1 aromatic carbocycles. The molecule has 0 aromatic heterocycles. The van der Waals surface area contributed by atoms with Gasteiger partial charge in [-0.15, -0.1) is 0 Å². The van der Waals surface area contributed by atoms with Crippen molar-refractivity contribution in [2.75, 3.05) is 5.32 Å². The summed E-state index contributed by atoms with van der Waals surface area (Å²) in [5, 5.41) is 5.75. The average molecular weight is 263 g/mol. The van der Waals surface area contributed by atoms with E-state index >= 15 is 0 Å². The van der Waals surface area contributed by atoms with Crippen LogP contribution in [0.4, 0.5) is 10.5 Å². The number of rotatable bonds is 6. The summed E-state index contributed by atoms with van der Waals surface area (Å²) in [6, 6.07) is 7.66. The molecule has 4 heteroatoms. The molecular formula is C15H25N3O. The molecule has 0 aliphatic rings. The monoisotopic (exact) mass is 263 g/mol. The van der Waals surface area contributed by atoms with Gasteiger partial charge in [0.1, 0.15) is 0 Å². The van der Waals surface area contributed by atoms with E-state index in [2.05, 4.69) is 17.6 Å². The van der Waals surface area contributed by atoms with E-state index in [0.717, 1.165) is 30.5 Å². The minimum absolute atomic E-state index is 0.0111. The van der Waals surface area contributed by atoms with Crippen molar-refractivity contribution in [1.29, 1.82) is 0 Å². The van der Waals surface area contributed by atoms with Crippen molar-refractivity contribution < 1.29 is 4.79 Å². The lowest BCUT2D eigenvalue weighted by Crippen LogP contribution is -2.36. The summed E-state index contributed by atoms with van der Waals surface area (Å²) in [5.41, 5.74) is 7.62. The van der Waals surface area contributed by atoms with Crippen LogP contribution in [0.5, 0.6) is 0 Å². The van der Waals surface area contributed by atoms with Crippen LogP contribution in [0.2, 0.25) is 0 Å². The van der Waals surface area contributed by atoms with Crippen molar-refractivity contribution in [3.05, 3.63) is 29.8 Å². The highest BCUT2D eigenvalue weighted by atomic mass is 16.2. The smallest absolute Gasteiger partial charge is 0.319 e. The Morgan fingerprint density at radius 3 is 2.42 bits per heavy atom. The predicted molar refractivity (Wildman–Crippen MR) is 80.2 cm³/mol. The molecular weight excluding hydrogens is 238 g/mol. The Morgan fingerprint density at radius 2 is 1.89 bits per heavy atom. The van der Waals surface area contributed by atoms with Gasteiger partial charge < -0.3 is 16.4 Å². The fourth-order valence-electron chi connectivity index (χ4n) is 1.84. The zero-order valence-corrected chi connectivity index (χ0v) is 12.1. The first-order valence-electron chi connectivity index (χ1n) is 6.96. The van der Waals surface area contributed by atoms with Gasteiger partial charge in [-0.25, -0.2) is 4.79 Å². The van der Waals surface area contributed by atoms with Crippen LogP contribution in [0, 0.1) is 0 Å². The first-order chi connectivity index (χ1) is 9.02. The molecule has 0 bridgehead atoms. The third kappa shape index (κ3) is 5.75. The molecule has 2 atom stereocenters. The van der Waals surface area contributed by atoms with E-state index in [4.69, 9.17) is 5.73 Å². The molecule has 0 radical (unpaired) electrons. The standard InChI is InChI=1S/C15H25N3O/c1-4-5-6-11(2)17-15(19)18-14-9-7-13(8-10-14)12(3)16/h7-12H,4-6,16H2,1-3H3,(H2,17,18,19). The zero-order valence-electron chi connectivity index (χ0n) is 12.1. The van der Waals surface area contributed by atoms with E-state index in [1.54, 1.807) is 0 Å². The molecule has 2 amide bonds. The molecule has 1 rings (SSSR count). The summed E-state index contributed by atoms with van der Waals surface area (Å²) >= 11 is 0. The number of unbranched alkanes of at least 4 members (excludes halogenated alkanes) is 1. The Bertz CT molecular complexity index is 387. The SMILES string of the molecule is CCCCC(C)NC(=O)Nc1ccc(C(C)N)cc1. The Morgan fingerprint density at radius 1 is 1.26 bits per heavy atom. The van der Waals surface area contributed by atoms with Crippen LogP contribution in [-0.2, 0) is 0 Å². The van der Waals surface area contributed by atoms with Gasteiger partial charge in [-0.1, -0.05) is 31.9 Å². The van der Waals surface area contributed by atoms with Crippen molar-refractivity contribution >= 4 is 11.7 Å². The van der Waals surface area contributed by atoms with Gasteiger partial charge in [0.2, 0.25) is 0 Å². The van der Waals surface area contributed by atoms with Gasteiger partial charge in [-0.3, -0.25) is 0 Å². The number of nitrogens with one attached hydrogen (secondary N) is 2. The van der Waals surface area contributed by atoms with Crippen molar-refractivity contribution in [3.63, 3.8) is 0 Å². The first-order valence-corrected chi connectivity index (χ1v) is 6.96. The van der Waals surface area contributed by atoms with Gasteiger partial charge >= 0.3 is 6.03 Å². The molecule has 0 spiro atoms. The second-order valence-corrected chi connectivity index (χ2v) is 5.05. The maximum Gasteiger partial charge on any atom is 0.319 e. The summed E-state index contributed by atoms with van der Waals surface area (Å²) in [7, 11) is 0. The molecule has 19 heavy (non-hydrogen) atoms. The molecule has 0 saturated carbocycles. The van der Waals surface area contributed by atoms with Crippen molar-refractivity contribution in [2.24, 2.45) is 5.73 Å².